The standard InChI is InChI=1S/C18H22N4O2S/c1-12(2)25(23,24)22-9-3-4-13(11-22)17-14-5-7-19-10-16(14)15-6-8-20-18(15)21-17/h5-8,10,12-13H,3-4,9,11H2,1-2H3,(H,20,21). The number of pyridine rings is 2. The zero-order valence-corrected chi connectivity index (χ0v) is 15.3. The number of aromatic amines is 1. The van der Waals surface area contributed by atoms with E-state index in [2.05, 4.69) is 9.97 Å². The number of piperidine rings is 1. The van der Waals surface area contributed by atoms with E-state index in [0.29, 0.717) is 13.1 Å². The van der Waals surface area contributed by atoms with Crippen LogP contribution in [0.1, 0.15) is 38.3 Å². The Morgan fingerprint density at radius 3 is 2.88 bits per heavy atom. The Morgan fingerprint density at radius 2 is 2.08 bits per heavy atom. The van der Waals surface area contributed by atoms with Gasteiger partial charge >= 0.3 is 0 Å². The number of nitrogens with zero attached hydrogens (tertiary/aromatic N) is 3. The Balaban J connectivity index is 1.80. The van der Waals surface area contributed by atoms with E-state index in [1.165, 1.54) is 0 Å². The van der Waals surface area contributed by atoms with Crippen molar-refractivity contribution in [2.24, 2.45) is 0 Å². The van der Waals surface area contributed by atoms with Crippen molar-refractivity contribution in [2.75, 3.05) is 13.1 Å². The summed E-state index contributed by atoms with van der Waals surface area (Å²) in [7, 11) is -3.24. The van der Waals surface area contributed by atoms with Crippen LogP contribution in [0.25, 0.3) is 21.8 Å². The lowest BCUT2D eigenvalue weighted by Crippen LogP contribution is -2.42. The van der Waals surface area contributed by atoms with E-state index in [-0.39, 0.29) is 5.92 Å². The molecule has 4 heterocycles. The van der Waals surface area contributed by atoms with Crippen LogP contribution in [0, 0.1) is 0 Å². The zero-order chi connectivity index (χ0) is 17.6. The van der Waals surface area contributed by atoms with Crippen LogP contribution in [0.5, 0.6) is 0 Å². The molecule has 0 bridgehead atoms. The SMILES string of the molecule is CC(C)S(=O)(=O)N1CCCC(c2nc3[nH]ccc3c3cnccc23)C1. The molecule has 0 saturated carbocycles. The summed E-state index contributed by atoms with van der Waals surface area (Å²) in [4.78, 5) is 12.3. The predicted molar refractivity (Wildman–Crippen MR) is 99.0 cm³/mol. The molecule has 1 aliphatic rings. The fraction of sp³-hybridized carbons (Fsp3) is 0.444. The van der Waals surface area contributed by atoms with Gasteiger partial charge in [0.1, 0.15) is 5.65 Å². The molecule has 0 aromatic carbocycles. The summed E-state index contributed by atoms with van der Waals surface area (Å²) in [5.74, 6) is 0.0971. The van der Waals surface area contributed by atoms with Gasteiger partial charge in [0.15, 0.2) is 0 Å². The highest BCUT2D eigenvalue weighted by atomic mass is 32.2. The molecular weight excluding hydrogens is 336 g/mol. The summed E-state index contributed by atoms with van der Waals surface area (Å²) in [5, 5.41) is 2.78. The third-order valence-corrected chi connectivity index (χ3v) is 7.31. The Bertz CT molecular complexity index is 1030. The van der Waals surface area contributed by atoms with Crippen molar-refractivity contribution in [3.05, 3.63) is 36.4 Å². The molecule has 6 nitrogen and oxygen atoms in total. The van der Waals surface area contributed by atoms with Gasteiger partial charge in [0.25, 0.3) is 0 Å². The summed E-state index contributed by atoms with van der Waals surface area (Å²) in [6, 6.07) is 3.99. The molecule has 3 aromatic rings. The van der Waals surface area contributed by atoms with Gasteiger partial charge in [-0.15, -0.1) is 0 Å². The highest BCUT2D eigenvalue weighted by Crippen LogP contribution is 2.34. The minimum absolute atomic E-state index is 0.0971. The quantitative estimate of drug-likeness (QED) is 0.780. The number of hydrogen-bond acceptors (Lipinski definition) is 4. The average molecular weight is 358 g/mol. The Morgan fingerprint density at radius 1 is 1.24 bits per heavy atom. The van der Waals surface area contributed by atoms with E-state index in [0.717, 1.165) is 40.3 Å². The second-order valence-electron chi connectivity index (χ2n) is 6.95. The van der Waals surface area contributed by atoms with Crippen LogP contribution in [0.15, 0.2) is 30.7 Å². The van der Waals surface area contributed by atoms with Crippen LogP contribution in [0.2, 0.25) is 0 Å². The molecule has 0 aliphatic carbocycles. The van der Waals surface area contributed by atoms with Gasteiger partial charge in [-0.3, -0.25) is 4.98 Å². The molecule has 1 saturated heterocycles. The molecule has 7 heteroatoms. The van der Waals surface area contributed by atoms with Crippen molar-refractivity contribution in [3.8, 4) is 0 Å². The molecule has 1 N–H and O–H groups in total. The van der Waals surface area contributed by atoms with Crippen LogP contribution in [-0.4, -0.2) is 46.0 Å². The minimum Gasteiger partial charge on any atom is -0.346 e. The number of sulfonamides is 1. The Labute approximate surface area is 147 Å². The molecular formula is C18H22N4O2S. The molecule has 0 spiro atoms. The van der Waals surface area contributed by atoms with Crippen molar-refractivity contribution >= 4 is 31.8 Å². The first kappa shape index (κ1) is 16.5. The van der Waals surface area contributed by atoms with Gasteiger partial charge in [0.05, 0.1) is 10.9 Å². The maximum absolute atomic E-state index is 12.6. The highest BCUT2D eigenvalue weighted by molar-refractivity contribution is 7.89. The smallest absolute Gasteiger partial charge is 0.216 e. The van der Waals surface area contributed by atoms with Gasteiger partial charge < -0.3 is 4.98 Å². The summed E-state index contributed by atoms with van der Waals surface area (Å²) in [6.45, 7) is 4.57. The van der Waals surface area contributed by atoms with Crippen LogP contribution < -0.4 is 0 Å². The van der Waals surface area contributed by atoms with Crippen LogP contribution in [0.4, 0.5) is 0 Å². The summed E-state index contributed by atoms with van der Waals surface area (Å²) < 4.78 is 26.8. The van der Waals surface area contributed by atoms with Crippen molar-refractivity contribution in [3.63, 3.8) is 0 Å². The normalized spacial score (nSPS) is 19.9. The van der Waals surface area contributed by atoms with E-state index in [1.54, 1.807) is 24.3 Å². The summed E-state index contributed by atoms with van der Waals surface area (Å²) >= 11 is 0. The van der Waals surface area contributed by atoms with E-state index in [1.807, 2.05) is 24.5 Å². The number of aromatic nitrogens is 3. The van der Waals surface area contributed by atoms with Gasteiger partial charge in [0, 0.05) is 53.8 Å². The molecule has 0 radical (unpaired) electrons. The molecule has 4 rings (SSSR count). The monoisotopic (exact) mass is 358 g/mol. The number of hydrogen-bond donors (Lipinski definition) is 1. The summed E-state index contributed by atoms with van der Waals surface area (Å²) in [6.07, 6.45) is 7.32. The highest BCUT2D eigenvalue weighted by Gasteiger charge is 2.33. The molecule has 1 atom stereocenters. The molecule has 1 fully saturated rings. The minimum atomic E-state index is -3.24. The van der Waals surface area contributed by atoms with Crippen molar-refractivity contribution in [1.29, 1.82) is 0 Å². The Kier molecular flexibility index (Phi) is 4.00. The fourth-order valence-corrected chi connectivity index (χ4v) is 5.06. The maximum Gasteiger partial charge on any atom is 0.216 e. The third-order valence-electron chi connectivity index (χ3n) is 5.07. The molecule has 3 aromatic heterocycles. The topological polar surface area (TPSA) is 79.0 Å². The average Bonchev–Trinajstić information content (AvgIpc) is 3.10. The molecule has 1 aliphatic heterocycles. The first-order chi connectivity index (χ1) is 12.0. The maximum atomic E-state index is 12.6. The van der Waals surface area contributed by atoms with Crippen molar-refractivity contribution in [1.82, 2.24) is 19.3 Å². The lowest BCUT2D eigenvalue weighted by atomic mass is 9.92. The number of fused-ring (bicyclic) bond motifs is 3. The van der Waals surface area contributed by atoms with E-state index < -0.39 is 15.3 Å². The Hall–Kier alpha value is -1.99. The lowest BCUT2D eigenvalue weighted by molar-refractivity contribution is 0.311. The van der Waals surface area contributed by atoms with Crippen molar-refractivity contribution < 1.29 is 8.42 Å². The van der Waals surface area contributed by atoms with Gasteiger partial charge in [-0.2, -0.15) is 0 Å². The molecule has 1 unspecified atom stereocenters. The largest absolute Gasteiger partial charge is 0.346 e. The van der Waals surface area contributed by atoms with Crippen LogP contribution in [0.3, 0.4) is 0 Å². The van der Waals surface area contributed by atoms with Crippen LogP contribution in [-0.2, 0) is 10.0 Å². The second kappa shape index (κ2) is 6.07. The van der Waals surface area contributed by atoms with E-state index >= 15 is 0 Å². The third kappa shape index (κ3) is 2.71. The summed E-state index contributed by atoms with van der Waals surface area (Å²) in [5.41, 5.74) is 1.80. The number of H-pyrrole nitrogens is 1. The van der Waals surface area contributed by atoms with Crippen molar-refractivity contribution in [2.45, 2.75) is 37.9 Å². The van der Waals surface area contributed by atoms with E-state index in [4.69, 9.17) is 4.98 Å². The van der Waals surface area contributed by atoms with Crippen LogP contribution >= 0.6 is 0 Å². The molecule has 25 heavy (non-hydrogen) atoms. The van der Waals surface area contributed by atoms with Gasteiger partial charge in [-0.1, -0.05) is 0 Å². The number of rotatable bonds is 3. The molecule has 132 valence electrons. The van der Waals surface area contributed by atoms with Gasteiger partial charge in [0.2, 0.25) is 10.0 Å². The molecule has 0 amide bonds. The first-order valence-corrected chi connectivity index (χ1v) is 10.2. The van der Waals surface area contributed by atoms with Gasteiger partial charge in [-0.25, -0.2) is 17.7 Å². The zero-order valence-electron chi connectivity index (χ0n) is 14.4. The fourth-order valence-electron chi connectivity index (χ4n) is 3.69. The van der Waals surface area contributed by atoms with Gasteiger partial charge in [-0.05, 0) is 38.8 Å². The van der Waals surface area contributed by atoms with E-state index in [9.17, 15) is 8.42 Å². The first-order valence-electron chi connectivity index (χ1n) is 8.68. The second-order valence-corrected chi connectivity index (χ2v) is 9.44. The lowest BCUT2D eigenvalue weighted by Gasteiger charge is -2.33. The number of nitrogens with one attached hydrogen (secondary N) is 1. The predicted octanol–water partition coefficient (Wildman–Crippen LogP) is 3.03.